The van der Waals surface area contributed by atoms with Crippen LogP contribution in [-0.2, 0) is 9.47 Å². The molecule has 0 amide bonds. The van der Waals surface area contributed by atoms with E-state index in [-0.39, 0.29) is 6.04 Å². The van der Waals surface area contributed by atoms with Crippen molar-refractivity contribution in [1.82, 2.24) is 5.32 Å². The Kier molecular flexibility index (Phi) is 6.22. The van der Waals surface area contributed by atoms with Crippen LogP contribution >= 0.6 is 0 Å². The number of hydrogen-bond donors (Lipinski definition) is 1. The lowest BCUT2D eigenvalue weighted by atomic mass is 9.94. The fraction of sp³-hybridized carbons (Fsp3) is 0.667. The summed E-state index contributed by atoms with van der Waals surface area (Å²) in [7, 11) is 3.81. The van der Waals surface area contributed by atoms with Crippen molar-refractivity contribution in [3.8, 4) is 0 Å². The van der Waals surface area contributed by atoms with Crippen molar-refractivity contribution in [3.05, 3.63) is 34.9 Å². The second-order valence-electron chi connectivity index (χ2n) is 6.18. The van der Waals surface area contributed by atoms with Crippen LogP contribution in [0.1, 0.15) is 48.4 Å². The van der Waals surface area contributed by atoms with E-state index in [9.17, 15) is 0 Å². The molecule has 3 unspecified atom stereocenters. The summed E-state index contributed by atoms with van der Waals surface area (Å²) in [6.07, 6.45) is 5.27. The average molecular weight is 291 g/mol. The molecule has 0 bridgehead atoms. The van der Waals surface area contributed by atoms with Gasteiger partial charge in [-0.05, 0) is 57.7 Å². The van der Waals surface area contributed by atoms with E-state index >= 15 is 0 Å². The Labute approximate surface area is 129 Å². The molecule has 0 aromatic heterocycles. The van der Waals surface area contributed by atoms with Gasteiger partial charge in [-0.1, -0.05) is 23.8 Å². The molecular formula is C18H29NO2. The summed E-state index contributed by atoms with van der Waals surface area (Å²) >= 11 is 0. The molecule has 1 saturated carbocycles. The molecule has 118 valence electrons. The van der Waals surface area contributed by atoms with E-state index in [1.54, 1.807) is 7.11 Å². The zero-order chi connectivity index (χ0) is 15.2. The maximum Gasteiger partial charge on any atom is 0.0665 e. The third kappa shape index (κ3) is 4.53. The first-order valence-corrected chi connectivity index (χ1v) is 8.02. The molecule has 3 atom stereocenters. The molecule has 2 rings (SSSR count). The van der Waals surface area contributed by atoms with Crippen molar-refractivity contribution < 1.29 is 9.47 Å². The van der Waals surface area contributed by atoms with Crippen molar-refractivity contribution in [3.63, 3.8) is 0 Å². The number of ether oxygens (including phenoxy) is 2. The summed E-state index contributed by atoms with van der Waals surface area (Å²) < 4.78 is 11.6. The molecule has 0 heterocycles. The molecule has 21 heavy (non-hydrogen) atoms. The van der Waals surface area contributed by atoms with Crippen LogP contribution in [-0.4, -0.2) is 33.0 Å². The third-order valence-electron chi connectivity index (χ3n) is 4.56. The van der Waals surface area contributed by atoms with Gasteiger partial charge < -0.3 is 14.8 Å². The number of rotatable bonds is 6. The summed E-state index contributed by atoms with van der Waals surface area (Å²) in [5.41, 5.74) is 3.97. The van der Waals surface area contributed by atoms with Crippen LogP contribution in [0.25, 0.3) is 0 Å². The molecule has 1 aliphatic rings. The minimum absolute atomic E-state index is 0.258. The monoisotopic (exact) mass is 291 g/mol. The van der Waals surface area contributed by atoms with Gasteiger partial charge in [-0.25, -0.2) is 0 Å². The van der Waals surface area contributed by atoms with Gasteiger partial charge >= 0.3 is 0 Å². The topological polar surface area (TPSA) is 30.5 Å². The highest BCUT2D eigenvalue weighted by Crippen LogP contribution is 2.25. The van der Waals surface area contributed by atoms with E-state index in [0.717, 1.165) is 19.4 Å². The van der Waals surface area contributed by atoms with Crippen molar-refractivity contribution in [2.75, 3.05) is 20.8 Å². The van der Waals surface area contributed by atoms with Crippen molar-refractivity contribution >= 4 is 0 Å². The van der Waals surface area contributed by atoms with Crippen LogP contribution in [0.3, 0.4) is 0 Å². The molecule has 1 aliphatic carbocycles. The SMILES string of the molecule is CNC(COC1CCCC(OC)C1)c1ccc(C)cc1C. The second kappa shape index (κ2) is 7.92. The molecule has 3 nitrogen and oxygen atoms in total. The van der Waals surface area contributed by atoms with Crippen LogP contribution < -0.4 is 5.32 Å². The van der Waals surface area contributed by atoms with Crippen LogP contribution in [0.4, 0.5) is 0 Å². The van der Waals surface area contributed by atoms with Crippen molar-refractivity contribution in [2.45, 2.75) is 57.8 Å². The number of likely N-dealkylation sites (N-methyl/N-ethyl adjacent to an activating group) is 1. The first-order valence-electron chi connectivity index (χ1n) is 8.02. The van der Waals surface area contributed by atoms with Gasteiger partial charge in [0.05, 0.1) is 24.9 Å². The zero-order valence-corrected chi connectivity index (χ0v) is 13.8. The highest BCUT2D eigenvalue weighted by atomic mass is 16.5. The summed E-state index contributed by atoms with van der Waals surface area (Å²) in [5, 5.41) is 3.39. The van der Waals surface area contributed by atoms with Gasteiger partial charge in [-0.2, -0.15) is 0 Å². The Hall–Kier alpha value is -0.900. The van der Waals surface area contributed by atoms with E-state index in [0.29, 0.717) is 12.2 Å². The largest absolute Gasteiger partial charge is 0.381 e. The molecule has 1 fully saturated rings. The van der Waals surface area contributed by atoms with Gasteiger partial charge in [0.1, 0.15) is 0 Å². The van der Waals surface area contributed by atoms with E-state index in [1.807, 2.05) is 7.05 Å². The van der Waals surface area contributed by atoms with Gasteiger partial charge in [0.15, 0.2) is 0 Å². The minimum Gasteiger partial charge on any atom is -0.381 e. The van der Waals surface area contributed by atoms with Gasteiger partial charge in [-0.3, -0.25) is 0 Å². The Morgan fingerprint density at radius 3 is 2.67 bits per heavy atom. The molecular weight excluding hydrogens is 262 g/mol. The zero-order valence-electron chi connectivity index (χ0n) is 13.8. The lowest BCUT2D eigenvalue weighted by Crippen LogP contribution is -2.31. The van der Waals surface area contributed by atoms with Gasteiger partial charge in [0, 0.05) is 7.11 Å². The van der Waals surface area contributed by atoms with Crippen LogP contribution in [0.2, 0.25) is 0 Å². The predicted molar refractivity (Wildman–Crippen MR) is 86.7 cm³/mol. The molecule has 0 saturated heterocycles. The van der Waals surface area contributed by atoms with Crippen LogP contribution in [0, 0.1) is 13.8 Å². The van der Waals surface area contributed by atoms with E-state index in [1.165, 1.54) is 29.5 Å². The number of methoxy groups -OCH3 is 1. The second-order valence-corrected chi connectivity index (χ2v) is 6.18. The quantitative estimate of drug-likeness (QED) is 0.869. The van der Waals surface area contributed by atoms with E-state index < -0.39 is 0 Å². The minimum atomic E-state index is 0.258. The number of benzene rings is 1. The molecule has 1 aromatic carbocycles. The lowest BCUT2D eigenvalue weighted by molar-refractivity contribution is -0.0352. The lowest BCUT2D eigenvalue weighted by Gasteiger charge is -2.30. The van der Waals surface area contributed by atoms with Gasteiger partial charge in [0.2, 0.25) is 0 Å². The number of aryl methyl sites for hydroxylation is 2. The summed E-state index contributed by atoms with van der Waals surface area (Å²) in [6, 6.07) is 6.89. The number of nitrogens with one attached hydrogen (secondary N) is 1. The van der Waals surface area contributed by atoms with E-state index in [4.69, 9.17) is 9.47 Å². The van der Waals surface area contributed by atoms with Crippen LogP contribution in [0.15, 0.2) is 18.2 Å². The summed E-state index contributed by atoms with van der Waals surface area (Å²) in [5.74, 6) is 0. The summed E-state index contributed by atoms with van der Waals surface area (Å²) in [4.78, 5) is 0. The standard InChI is InChI=1S/C18H29NO2/c1-13-8-9-17(14(2)10-13)18(19-3)12-21-16-7-5-6-15(11-16)20-4/h8-10,15-16,18-19H,5-7,11-12H2,1-4H3. The Morgan fingerprint density at radius 1 is 1.24 bits per heavy atom. The van der Waals surface area contributed by atoms with Gasteiger partial charge in [0.25, 0.3) is 0 Å². The molecule has 1 N–H and O–H groups in total. The third-order valence-corrected chi connectivity index (χ3v) is 4.56. The molecule has 0 aliphatic heterocycles. The van der Waals surface area contributed by atoms with Crippen molar-refractivity contribution in [2.24, 2.45) is 0 Å². The Morgan fingerprint density at radius 2 is 2.00 bits per heavy atom. The maximum absolute atomic E-state index is 6.17. The first-order chi connectivity index (χ1) is 10.1. The normalized spacial score (nSPS) is 24.0. The maximum atomic E-state index is 6.17. The fourth-order valence-corrected chi connectivity index (χ4v) is 3.25. The Balaban J connectivity index is 1.93. The smallest absolute Gasteiger partial charge is 0.0665 e. The first kappa shape index (κ1) is 16.5. The predicted octanol–water partition coefficient (Wildman–Crippen LogP) is 3.54. The van der Waals surface area contributed by atoms with E-state index in [2.05, 4.69) is 37.4 Å². The fourth-order valence-electron chi connectivity index (χ4n) is 3.25. The van der Waals surface area contributed by atoms with Gasteiger partial charge in [-0.15, -0.1) is 0 Å². The summed E-state index contributed by atoms with van der Waals surface area (Å²) in [6.45, 7) is 5.03. The molecule has 0 spiro atoms. The highest BCUT2D eigenvalue weighted by molar-refractivity contribution is 5.32. The molecule has 3 heteroatoms. The molecule has 0 radical (unpaired) electrons. The number of hydrogen-bond acceptors (Lipinski definition) is 3. The molecule has 1 aromatic rings. The highest BCUT2D eigenvalue weighted by Gasteiger charge is 2.23. The van der Waals surface area contributed by atoms with Crippen LogP contribution in [0.5, 0.6) is 0 Å². The van der Waals surface area contributed by atoms with Crippen molar-refractivity contribution in [1.29, 1.82) is 0 Å². The Bertz CT molecular complexity index is 447. The average Bonchev–Trinajstić information content (AvgIpc) is 2.49.